The van der Waals surface area contributed by atoms with Gasteiger partial charge in [-0.15, -0.1) is 0 Å². The van der Waals surface area contributed by atoms with Crippen LogP contribution in [0.25, 0.3) is 0 Å². The fraction of sp³-hybridized carbons (Fsp3) is 0.769. The molecule has 32 heavy (non-hydrogen) atoms. The van der Waals surface area contributed by atoms with Crippen LogP contribution in [0.15, 0.2) is 11.6 Å². The number of rotatable bonds is 9. The number of allylic oxidation sites excluding steroid dienone is 1. The van der Waals surface area contributed by atoms with Crippen LogP contribution in [-0.2, 0) is 4.79 Å². The minimum atomic E-state index is -8.72. The molecule has 0 aliphatic heterocycles. The van der Waals surface area contributed by atoms with Gasteiger partial charge in [0.05, 0.1) is 0 Å². The first kappa shape index (κ1) is 30.0. The fourth-order valence-electron chi connectivity index (χ4n) is 1.80. The van der Waals surface area contributed by atoms with Crippen molar-refractivity contribution in [1.29, 1.82) is 0 Å². The second-order valence-electron chi connectivity index (χ2n) is 5.90. The third kappa shape index (κ3) is 3.94. The number of carbonyl (C=O) groups is 1. The number of carboxylic acids is 1. The molecule has 1 N–H and O–H groups in total. The van der Waals surface area contributed by atoms with E-state index >= 15 is 0 Å². The molecule has 0 unspecified atom stereocenters. The molecule has 0 aromatic heterocycles. The molecule has 0 radical (unpaired) electrons. The Balaban J connectivity index is 6.88. The second kappa shape index (κ2) is 7.81. The molecule has 0 heterocycles. The molecule has 2 nitrogen and oxygen atoms in total. The molecular formula is C13H7F17O2. The van der Waals surface area contributed by atoms with Crippen molar-refractivity contribution in [3.8, 4) is 0 Å². The first-order chi connectivity index (χ1) is 13.6. The molecule has 0 aromatic carbocycles. The molecule has 0 aliphatic carbocycles. The van der Waals surface area contributed by atoms with Gasteiger partial charge in [0.15, 0.2) is 0 Å². The van der Waals surface area contributed by atoms with Crippen LogP contribution < -0.4 is 0 Å². The summed E-state index contributed by atoms with van der Waals surface area (Å²) >= 11 is 0. The van der Waals surface area contributed by atoms with Crippen LogP contribution in [-0.4, -0.2) is 58.7 Å². The molecule has 0 fully saturated rings. The van der Waals surface area contributed by atoms with Crippen LogP contribution in [0.3, 0.4) is 0 Å². The molecule has 0 atom stereocenters. The van der Waals surface area contributed by atoms with E-state index in [-0.39, 0.29) is 0 Å². The van der Waals surface area contributed by atoms with Crippen molar-refractivity contribution in [2.75, 3.05) is 0 Å². The highest BCUT2D eigenvalue weighted by atomic mass is 19.4. The maximum atomic E-state index is 13.5. The standard InChI is InChI=1S/C13H7F17O2/c1-2-4(5(31)32)3-6(14,15)7(16,17)8(18,19)9(20,21)10(22,23)11(24,25)12(26,27)13(28,29)30/h3H,2H2,1H3,(H,31,32). The van der Waals surface area contributed by atoms with Gasteiger partial charge in [0.1, 0.15) is 0 Å². The Morgan fingerprint density at radius 3 is 1.12 bits per heavy atom. The molecule has 19 heteroatoms. The summed E-state index contributed by atoms with van der Waals surface area (Å²) in [6.07, 6.45) is -10.7. The normalized spacial score (nSPS) is 16.4. The number of alkyl halides is 17. The van der Waals surface area contributed by atoms with Crippen LogP contribution in [0, 0.1) is 0 Å². The zero-order valence-electron chi connectivity index (χ0n) is 14.6. The zero-order valence-corrected chi connectivity index (χ0v) is 14.6. The zero-order chi connectivity index (χ0) is 26.6. The summed E-state index contributed by atoms with van der Waals surface area (Å²) in [5.74, 6) is -60.0. The molecule has 0 amide bonds. The summed E-state index contributed by atoms with van der Waals surface area (Å²) in [5, 5.41) is 8.38. The van der Waals surface area contributed by atoms with E-state index in [1.807, 2.05) is 0 Å². The minimum Gasteiger partial charge on any atom is -0.478 e. The van der Waals surface area contributed by atoms with Gasteiger partial charge in [0.25, 0.3) is 0 Å². The van der Waals surface area contributed by atoms with Crippen molar-refractivity contribution in [1.82, 2.24) is 0 Å². The Hall–Kier alpha value is -1.98. The lowest BCUT2D eigenvalue weighted by atomic mass is 9.88. The fourth-order valence-corrected chi connectivity index (χ4v) is 1.80. The van der Waals surface area contributed by atoms with Crippen LogP contribution >= 0.6 is 0 Å². The number of hydrogen-bond donors (Lipinski definition) is 1. The predicted molar refractivity (Wildman–Crippen MR) is 66.7 cm³/mol. The second-order valence-corrected chi connectivity index (χ2v) is 5.90. The highest BCUT2D eigenvalue weighted by Gasteiger charge is 2.95. The summed E-state index contributed by atoms with van der Waals surface area (Å²) in [4.78, 5) is 10.5. The third-order valence-corrected chi connectivity index (χ3v) is 3.76. The van der Waals surface area contributed by atoms with Gasteiger partial charge in [0.2, 0.25) is 0 Å². The number of carboxylic acid groups (broad SMARTS) is 1. The predicted octanol–water partition coefficient (Wildman–Crippen LogP) is 6.42. The minimum absolute atomic E-state index is 0.606. The maximum Gasteiger partial charge on any atom is 0.460 e. The van der Waals surface area contributed by atoms with E-state index in [2.05, 4.69) is 0 Å². The highest BCUT2D eigenvalue weighted by Crippen LogP contribution is 2.64. The monoisotopic (exact) mass is 518 g/mol. The van der Waals surface area contributed by atoms with E-state index in [4.69, 9.17) is 5.11 Å². The molecule has 0 spiro atoms. The van der Waals surface area contributed by atoms with Gasteiger partial charge < -0.3 is 5.11 Å². The number of halogens is 17. The Labute approximate surface area is 164 Å². The van der Waals surface area contributed by atoms with Gasteiger partial charge >= 0.3 is 53.6 Å². The molecule has 0 saturated carbocycles. The molecule has 0 aliphatic rings. The highest BCUT2D eigenvalue weighted by molar-refractivity contribution is 5.86. The van der Waals surface area contributed by atoms with E-state index in [0.717, 1.165) is 0 Å². The summed E-state index contributed by atoms with van der Waals surface area (Å²) in [5.41, 5.74) is -1.91. The first-order valence-electron chi connectivity index (χ1n) is 7.28. The first-order valence-corrected chi connectivity index (χ1v) is 7.28. The van der Waals surface area contributed by atoms with Gasteiger partial charge in [0, 0.05) is 11.6 Å². The molecule has 0 rings (SSSR count). The van der Waals surface area contributed by atoms with Crippen molar-refractivity contribution < 1.29 is 84.5 Å². The quantitative estimate of drug-likeness (QED) is 0.283. The summed E-state index contributed by atoms with van der Waals surface area (Å²) < 4.78 is 221. The van der Waals surface area contributed by atoms with Crippen molar-refractivity contribution in [2.45, 2.75) is 61.0 Å². The van der Waals surface area contributed by atoms with E-state index in [1.165, 1.54) is 0 Å². The summed E-state index contributed by atoms with van der Waals surface area (Å²) in [6, 6.07) is 0. The lowest BCUT2D eigenvalue weighted by Gasteiger charge is -2.42. The van der Waals surface area contributed by atoms with Gasteiger partial charge in [-0.3, -0.25) is 0 Å². The van der Waals surface area contributed by atoms with Crippen molar-refractivity contribution in [3.63, 3.8) is 0 Å². The SMILES string of the molecule is CCC(=CC(F)(F)C(F)(F)C(F)(F)C(F)(F)C(F)(F)C(F)(F)C(F)(F)C(F)(F)F)C(=O)O. The van der Waals surface area contributed by atoms with Gasteiger partial charge in [-0.05, 0) is 6.42 Å². The largest absolute Gasteiger partial charge is 0.478 e. The summed E-state index contributed by atoms with van der Waals surface area (Å²) in [6.45, 7) is 0.606. The van der Waals surface area contributed by atoms with Crippen molar-refractivity contribution in [2.24, 2.45) is 0 Å². The Bertz CT molecular complexity index is 746. The van der Waals surface area contributed by atoms with Crippen molar-refractivity contribution >= 4 is 5.97 Å². The van der Waals surface area contributed by atoms with Crippen LogP contribution in [0.5, 0.6) is 0 Å². The lowest BCUT2D eigenvalue weighted by molar-refractivity contribution is -0.459. The average Bonchev–Trinajstić information content (AvgIpc) is 2.57. The molecule has 0 bridgehead atoms. The average molecular weight is 518 g/mol. The van der Waals surface area contributed by atoms with Gasteiger partial charge in [-0.25, -0.2) is 4.79 Å². The number of aliphatic carboxylic acids is 1. The van der Waals surface area contributed by atoms with Gasteiger partial charge in [-0.2, -0.15) is 74.6 Å². The van der Waals surface area contributed by atoms with E-state index < -0.39 is 71.7 Å². The molecule has 0 aromatic rings. The molecule has 190 valence electrons. The van der Waals surface area contributed by atoms with E-state index in [0.29, 0.717) is 6.92 Å². The van der Waals surface area contributed by atoms with Crippen molar-refractivity contribution in [3.05, 3.63) is 11.6 Å². The van der Waals surface area contributed by atoms with Crippen LogP contribution in [0.4, 0.5) is 74.6 Å². The Morgan fingerprint density at radius 1 is 0.594 bits per heavy atom. The van der Waals surface area contributed by atoms with E-state index in [9.17, 15) is 79.4 Å². The summed E-state index contributed by atoms with van der Waals surface area (Å²) in [7, 11) is 0. The van der Waals surface area contributed by atoms with Crippen LogP contribution in [0.2, 0.25) is 0 Å². The Morgan fingerprint density at radius 2 is 0.875 bits per heavy atom. The van der Waals surface area contributed by atoms with Crippen LogP contribution in [0.1, 0.15) is 13.3 Å². The Kier molecular flexibility index (Phi) is 7.32. The molecular weight excluding hydrogens is 511 g/mol. The number of hydrogen-bond acceptors (Lipinski definition) is 1. The maximum absolute atomic E-state index is 13.5. The van der Waals surface area contributed by atoms with E-state index in [1.54, 1.807) is 0 Å². The third-order valence-electron chi connectivity index (χ3n) is 3.76. The molecule has 0 saturated heterocycles. The van der Waals surface area contributed by atoms with Gasteiger partial charge in [-0.1, -0.05) is 6.92 Å². The lowest BCUT2D eigenvalue weighted by Crippen LogP contribution is -2.74. The topological polar surface area (TPSA) is 37.3 Å². The smallest absolute Gasteiger partial charge is 0.460 e.